The number of carboxylic acids is 1. The molecule has 0 radical (unpaired) electrons. The van der Waals surface area contributed by atoms with E-state index in [2.05, 4.69) is 15.0 Å². The summed E-state index contributed by atoms with van der Waals surface area (Å²) in [6.45, 7) is 1.57. The van der Waals surface area contributed by atoms with E-state index in [0.717, 1.165) is 15.4 Å². The smallest absolute Gasteiger partial charge is 0.461 e. The van der Waals surface area contributed by atoms with Crippen molar-refractivity contribution >= 4 is 41.6 Å². The fourth-order valence-electron chi connectivity index (χ4n) is 4.53. The second-order valence-corrected chi connectivity index (χ2v) is 11.3. The first kappa shape index (κ1) is 25.9. The highest BCUT2D eigenvalue weighted by atomic mass is 31.2. The van der Waals surface area contributed by atoms with E-state index in [-0.39, 0.29) is 24.5 Å². The molecule has 13 heteroatoms. The van der Waals surface area contributed by atoms with Crippen LogP contribution < -0.4 is 15.0 Å². The maximum absolute atomic E-state index is 14.1. The van der Waals surface area contributed by atoms with Crippen molar-refractivity contribution in [3.63, 3.8) is 0 Å². The maximum Gasteiger partial charge on any atom is 0.461 e. The van der Waals surface area contributed by atoms with E-state index in [0.29, 0.717) is 35.6 Å². The van der Waals surface area contributed by atoms with Gasteiger partial charge in [-0.25, -0.2) is 9.55 Å². The van der Waals surface area contributed by atoms with Crippen molar-refractivity contribution in [1.29, 1.82) is 0 Å². The number of fused-ring (bicyclic) bond motifs is 2. The molecule has 0 aliphatic heterocycles. The lowest BCUT2D eigenvalue weighted by Gasteiger charge is -2.37. The minimum absolute atomic E-state index is 0.0662. The third-order valence-electron chi connectivity index (χ3n) is 6.95. The molecule has 2 aromatic carbocycles. The average Bonchev–Trinajstić information content (AvgIpc) is 3.29. The number of benzene rings is 2. The van der Waals surface area contributed by atoms with Crippen molar-refractivity contribution in [3.05, 3.63) is 48.8 Å². The molecule has 12 nitrogen and oxygen atoms in total. The number of nitrogen functional groups attached to an aromatic ring is 1. The second kappa shape index (κ2) is 10.2. The van der Waals surface area contributed by atoms with E-state index in [4.69, 9.17) is 19.5 Å². The third kappa shape index (κ3) is 4.78. The van der Waals surface area contributed by atoms with Gasteiger partial charge in [0.15, 0.2) is 11.2 Å². The average molecular weight is 541 g/mol. The highest BCUT2D eigenvalue weighted by Gasteiger charge is 2.41. The summed E-state index contributed by atoms with van der Waals surface area (Å²) in [7, 11) is -1.10. The molecule has 1 fully saturated rings. The quantitative estimate of drug-likeness (QED) is 0.279. The SMILES string of the molecule is COc1nc(N)nc2c1ncn2C1CC(COP(=O)(Oc2cccc3ccccc23)N(C)C(C)C(=O)O)C1. The number of ether oxygens (including phenoxy) is 1. The number of aromatic nitrogens is 4. The van der Waals surface area contributed by atoms with E-state index in [9.17, 15) is 14.5 Å². The molecule has 2 atom stereocenters. The van der Waals surface area contributed by atoms with Crippen LogP contribution in [0.15, 0.2) is 48.8 Å². The lowest BCUT2D eigenvalue weighted by atomic mass is 9.81. The first-order valence-electron chi connectivity index (χ1n) is 12.1. The van der Waals surface area contributed by atoms with Crippen LogP contribution >= 0.6 is 7.75 Å². The topological polar surface area (TPSA) is 155 Å². The molecule has 5 rings (SSSR count). The number of nitrogens with two attached hydrogens (primary N) is 1. The number of likely N-dealkylation sites (N-methyl/N-ethyl adjacent to an activating group) is 1. The summed E-state index contributed by atoms with van der Waals surface area (Å²) in [6.07, 6.45) is 3.11. The molecule has 200 valence electrons. The Labute approximate surface area is 218 Å². The van der Waals surface area contributed by atoms with Crippen LogP contribution in [0.2, 0.25) is 0 Å². The maximum atomic E-state index is 14.1. The van der Waals surface area contributed by atoms with Gasteiger partial charge in [0.2, 0.25) is 11.8 Å². The lowest BCUT2D eigenvalue weighted by molar-refractivity contribution is -0.140. The van der Waals surface area contributed by atoms with Gasteiger partial charge in [-0.1, -0.05) is 36.4 Å². The second-order valence-electron chi connectivity index (χ2n) is 9.33. The Balaban J connectivity index is 1.33. The molecule has 2 unspecified atom stereocenters. The minimum Gasteiger partial charge on any atom is -0.480 e. The number of rotatable bonds is 10. The largest absolute Gasteiger partial charge is 0.480 e. The number of carboxylic acid groups (broad SMARTS) is 1. The molecule has 0 saturated heterocycles. The lowest BCUT2D eigenvalue weighted by Crippen LogP contribution is -2.36. The minimum atomic E-state index is -4.04. The number of hydrogen-bond acceptors (Lipinski definition) is 9. The van der Waals surface area contributed by atoms with Crippen molar-refractivity contribution in [2.75, 3.05) is 26.5 Å². The Morgan fingerprint density at radius 1 is 1.24 bits per heavy atom. The number of hydrogen-bond donors (Lipinski definition) is 2. The van der Waals surface area contributed by atoms with Crippen LogP contribution in [0, 0.1) is 5.92 Å². The molecule has 1 saturated carbocycles. The van der Waals surface area contributed by atoms with E-state index in [1.165, 1.54) is 21.1 Å². The fourth-order valence-corrected chi connectivity index (χ4v) is 6.23. The summed E-state index contributed by atoms with van der Waals surface area (Å²) in [4.78, 5) is 24.5. The van der Waals surface area contributed by atoms with E-state index >= 15 is 0 Å². The van der Waals surface area contributed by atoms with Crippen LogP contribution in [0.1, 0.15) is 25.8 Å². The van der Waals surface area contributed by atoms with Crippen LogP contribution in [0.25, 0.3) is 21.9 Å². The first-order chi connectivity index (χ1) is 18.2. The number of carbonyl (C=O) groups is 1. The Bertz CT molecular complexity index is 1530. The zero-order chi connectivity index (χ0) is 27.0. The number of methoxy groups -OCH3 is 1. The van der Waals surface area contributed by atoms with Gasteiger partial charge in [0, 0.05) is 11.4 Å². The van der Waals surface area contributed by atoms with Gasteiger partial charge in [-0.05, 0) is 44.2 Å². The molecule has 0 amide bonds. The molecular weight excluding hydrogens is 511 g/mol. The molecule has 38 heavy (non-hydrogen) atoms. The highest BCUT2D eigenvalue weighted by Crippen LogP contribution is 2.54. The van der Waals surface area contributed by atoms with Gasteiger partial charge in [0.25, 0.3) is 0 Å². The van der Waals surface area contributed by atoms with Crippen molar-refractivity contribution in [2.24, 2.45) is 5.92 Å². The van der Waals surface area contributed by atoms with E-state index in [1.54, 1.807) is 18.5 Å². The molecular formula is C25H29N6O6P. The zero-order valence-electron chi connectivity index (χ0n) is 21.2. The first-order valence-corrected chi connectivity index (χ1v) is 13.6. The predicted octanol–water partition coefficient (Wildman–Crippen LogP) is 4.13. The van der Waals surface area contributed by atoms with Crippen LogP contribution in [0.5, 0.6) is 11.6 Å². The molecule has 1 aliphatic carbocycles. The number of aliphatic carboxylic acids is 1. The predicted molar refractivity (Wildman–Crippen MR) is 141 cm³/mol. The van der Waals surface area contributed by atoms with Crippen LogP contribution in [0.3, 0.4) is 0 Å². The number of imidazole rings is 1. The van der Waals surface area contributed by atoms with Gasteiger partial charge in [-0.15, -0.1) is 0 Å². The Morgan fingerprint density at radius 2 is 1.97 bits per heavy atom. The van der Waals surface area contributed by atoms with Crippen LogP contribution in [-0.4, -0.2) is 62.1 Å². The monoisotopic (exact) mass is 540 g/mol. The Morgan fingerprint density at radius 3 is 2.71 bits per heavy atom. The molecule has 0 spiro atoms. The van der Waals surface area contributed by atoms with E-state index < -0.39 is 19.8 Å². The molecule has 2 heterocycles. The van der Waals surface area contributed by atoms with E-state index in [1.807, 2.05) is 34.9 Å². The summed E-state index contributed by atoms with van der Waals surface area (Å²) in [5, 5.41) is 11.2. The highest BCUT2D eigenvalue weighted by molar-refractivity contribution is 7.51. The number of anilines is 1. The van der Waals surface area contributed by atoms with Crippen LogP contribution in [-0.2, 0) is 13.9 Å². The number of nitrogens with zero attached hydrogens (tertiary/aromatic N) is 5. The van der Waals surface area contributed by atoms with Gasteiger partial charge in [0.1, 0.15) is 11.8 Å². The summed E-state index contributed by atoms with van der Waals surface area (Å²) < 4.78 is 34.3. The third-order valence-corrected chi connectivity index (χ3v) is 8.97. The summed E-state index contributed by atoms with van der Waals surface area (Å²) in [5.74, 6) is -0.301. The van der Waals surface area contributed by atoms with Crippen molar-refractivity contribution in [2.45, 2.75) is 31.8 Å². The molecule has 1 aliphatic rings. The van der Waals surface area contributed by atoms with Crippen molar-refractivity contribution < 1.29 is 28.3 Å². The fraction of sp³-hybridized carbons (Fsp3) is 0.360. The molecule has 4 aromatic rings. The summed E-state index contributed by atoms with van der Waals surface area (Å²) in [5.41, 5.74) is 6.94. The van der Waals surface area contributed by atoms with Gasteiger partial charge in [-0.2, -0.15) is 14.6 Å². The normalized spacial score (nSPS) is 19.7. The Hall–Kier alpha value is -3.73. The molecule has 2 aromatic heterocycles. The molecule has 3 N–H and O–H groups in total. The van der Waals surface area contributed by atoms with Gasteiger partial charge in [0.05, 0.1) is 20.0 Å². The van der Waals surface area contributed by atoms with Gasteiger partial charge < -0.3 is 24.7 Å². The van der Waals surface area contributed by atoms with Crippen LogP contribution in [0.4, 0.5) is 5.95 Å². The van der Waals surface area contributed by atoms with Gasteiger partial charge >= 0.3 is 13.7 Å². The Kier molecular flexibility index (Phi) is 6.95. The summed E-state index contributed by atoms with van der Waals surface area (Å²) >= 11 is 0. The van der Waals surface area contributed by atoms with Crippen molar-refractivity contribution in [3.8, 4) is 11.6 Å². The zero-order valence-corrected chi connectivity index (χ0v) is 22.1. The standard InChI is InChI=1S/C25H29N6O6P/c1-15(24(32)33)30(2)38(34,37-20-10-6-8-17-7-4-5-9-19(17)20)36-13-16-11-18(12-16)31-14-27-21-22(31)28-25(26)29-23(21)35-3/h4-10,14-16,18H,11-13H2,1-3H3,(H,32,33)(H2,26,28,29). The van der Waals surface area contributed by atoms with Crippen molar-refractivity contribution in [1.82, 2.24) is 24.2 Å². The summed E-state index contributed by atoms with van der Waals surface area (Å²) in [6, 6.07) is 11.9. The van der Waals surface area contributed by atoms with Gasteiger partial charge in [-0.3, -0.25) is 9.32 Å². The molecule has 0 bridgehead atoms.